The van der Waals surface area contributed by atoms with E-state index in [9.17, 15) is 4.79 Å². The molecule has 1 atom stereocenters. The van der Waals surface area contributed by atoms with Crippen LogP contribution in [-0.4, -0.2) is 19.1 Å². The van der Waals surface area contributed by atoms with Gasteiger partial charge in [-0.25, -0.2) is 9.80 Å². The third-order valence-corrected chi connectivity index (χ3v) is 2.36. The van der Waals surface area contributed by atoms with Crippen molar-refractivity contribution in [1.82, 2.24) is 5.43 Å². The molecule has 1 aromatic carbocycles. The Morgan fingerprint density at radius 1 is 1.56 bits per heavy atom. The molecule has 6 heteroatoms. The molecule has 0 aromatic heterocycles. The van der Waals surface area contributed by atoms with Crippen molar-refractivity contribution in [3.63, 3.8) is 0 Å². The van der Waals surface area contributed by atoms with Crippen molar-refractivity contribution in [3.8, 4) is 0 Å². The summed E-state index contributed by atoms with van der Waals surface area (Å²) in [6.07, 6.45) is -1.29. The molecule has 0 aliphatic carbocycles. The fourth-order valence-corrected chi connectivity index (χ4v) is 1.57. The van der Waals surface area contributed by atoms with E-state index in [0.29, 0.717) is 17.3 Å². The Kier molecular flexibility index (Phi) is 3.28. The first-order valence-corrected chi connectivity index (χ1v) is 5.23. The standard InChI is InChI=1S/C10H11ClN2O3/c1-2-15-9-12-13(10(14)16-9)8-6-4-3-5-7(8)11/h3-6,9,12H,2H2,1H3. The van der Waals surface area contributed by atoms with Crippen molar-refractivity contribution in [1.29, 1.82) is 0 Å². The van der Waals surface area contributed by atoms with Crippen LogP contribution in [0.4, 0.5) is 10.5 Å². The van der Waals surface area contributed by atoms with E-state index in [0.717, 1.165) is 0 Å². The quantitative estimate of drug-likeness (QED) is 0.882. The molecular formula is C10H11ClN2O3. The monoisotopic (exact) mass is 242 g/mol. The van der Waals surface area contributed by atoms with E-state index >= 15 is 0 Å². The van der Waals surface area contributed by atoms with Gasteiger partial charge in [-0.15, -0.1) is 0 Å². The van der Waals surface area contributed by atoms with Gasteiger partial charge in [0.05, 0.1) is 10.7 Å². The van der Waals surface area contributed by atoms with E-state index in [1.165, 1.54) is 5.01 Å². The van der Waals surface area contributed by atoms with Crippen molar-refractivity contribution in [2.45, 2.75) is 13.3 Å². The zero-order chi connectivity index (χ0) is 11.5. The third kappa shape index (κ3) is 2.11. The van der Waals surface area contributed by atoms with E-state index in [4.69, 9.17) is 21.1 Å². The minimum atomic E-state index is -0.756. The highest BCUT2D eigenvalue weighted by Crippen LogP contribution is 2.26. The SMILES string of the molecule is CCOC1NN(c2ccccc2Cl)C(=O)O1. The highest BCUT2D eigenvalue weighted by molar-refractivity contribution is 6.33. The molecule has 1 aromatic rings. The molecule has 1 saturated heterocycles. The number of rotatable bonds is 3. The number of hydrazine groups is 1. The number of ether oxygens (including phenoxy) is 2. The number of halogens is 1. The summed E-state index contributed by atoms with van der Waals surface area (Å²) in [5.41, 5.74) is 3.29. The highest BCUT2D eigenvalue weighted by atomic mass is 35.5. The molecule has 0 saturated carbocycles. The van der Waals surface area contributed by atoms with Gasteiger partial charge in [0.25, 0.3) is 6.41 Å². The molecule has 0 radical (unpaired) electrons. The van der Waals surface area contributed by atoms with Gasteiger partial charge < -0.3 is 9.47 Å². The summed E-state index contributed by atoms with van der Waals surface area (Å²) in [6, 6.07) is 6.97. The molecule has 0 spiro atoms. The number of amides is 1. The van der Waals surface area contributed by atoms with E-state index < -0.39 is 12.5 Å². The number of carbonyl (C=O) groups is 1. The van der Waals surface area contributed by atoms with Crippen molar-refractivity contribution in [3.05, 3.63) is 29.3 Å². The fraction of sp³-hybridized carbons (Fsp3) is 0.300. The zero-order valence-electron chi connectivity index (χ0n) is 8.64. The largest absolute Gasteiger partial charge is 0.432 e. The summed E-state index contributed by atoms with van der Waals surface area (Å²) >= 11 is 5.96. The lowest BCUT2D eigenvalue weighted by molar-refractivity contribution is -0.0924. The molecule has 1 unspecified atom stereocenters. The Morgan fingerprint density at radius 3 is 3.00 bits per heavy atom. The number of anilines is 1. The Morgan fingerprint density at radius 2 is 2.31 bits per heavy atom. The van der Waals surface area contributed by atoms with Gasteiger partial charge in [-0.1, -0.05) is 23.7 Å². The van der Waals surface area contributed by atoms with Crippen LogP contribution in [0.2, 0.25) is 5.02 Å². The van der Waals surface area contributed by atoms with Gasteiger partial charge in [0.2, 0.25) is 0 Å². The highest BCUT2D eigenvalue weighted by Gasteiger charge is 2.33. The number of hydrogen-bond acceptors (Lipinski definition) is 4. The number of nitrogens with one attached hydrogen (secondary N) is 1. The maximum atomic E-state index is 11.5. The predicted molar refractivity (Wildman–Crippen MR) is 59.0 cm³/mol. The van der Waals surface area contributed by atoms with Crippen LogP contribution >= 0.6 is 11.6 Å². The second-order valence-corrected chi connectivity index (χ2v) is 3.49. The van der Waals surface area contributed by atoms with Gasteiger partial charge in [0.15, 0.2) is 0 Å². The summed E-state index contributed by atoms with van der Waals surface area (Å²) in [4.78, 5) is 11.5. The number of benzene rings is 1. The van der Waals surface area contributed by atoms with Crippen LogP contribution in [-0.2, 0) is 9.47 Å². The van der Waals surface area contributed by atoms with Crippen LogP contribution in [0.25, 0.3) is 0 Å². The minimum absolute atomic E-state index is 0.446. The average Bonchev–Trinajstić information content (AvgIpc) is 2.61. The summed E-state index contributed by atoms with van der Waals surface area (Å²) in [5, 5.41) is 1.69. The first-order valence-electron chi connectivity index (χ1n) is 4.85. The zero-order valence-corrected chi connectivity index (χ0v) is 9.40. The first kappa shape index (κ1) is 11.2. The Labute approximate surface area is 97.9 Å². The molecule has 2 rings (SSSR count). The van der Waals surface area contributed by atoms with Gasteiger partial charge >= 0.3 is 6.09 Å². The van der Waals surface area contributed by atoms with Crippen molar-refractivity contribution in [2.24, 2.45) is 0 Å². The molecule has 1 heterocycles. The molecule has 1 aliphatic rings. The normalized spacial score (nSPS) is 20.0. The summed E-state index contributed by atoms with van der Waals surface area (Å²) < 4.78 is 10.0. The van der Waals surface area contributed by atoms with Gasteiger partial charge in [0, 0.05) is 6.61 Å². The van der Waals surface area contributed by atoms with Gasteiger partial charge in [-0.2, -0.15) is 5.43 Å². The Bertz CT molecular complexity index is 399. The maximum absolute atomic E-state index is 11.5. The van der Waals surface area contributed by atoms with Gasteiger partial charge in [-0.3, -0.25) is 0 Å². The molecule has 1 aliphatic heterocycles. The summed E-state index contributed by atoms with van der Waals surface area (Å²) in [6.45, 7) is 2.26. The second-order valence-electron chi connectivity index (χ2n) is 3.09. The number of carbonyl (C=O) groups excluding carboxylic acids is 1. The van der Waals surface area contributed by atoms with Crippen LogP contribution < -0.4 is 10.4 Å². The lowest BCUT2D eigenvalue weighted by atomic mass is 10.3. The Hall–Kier alpha value is -1.30. The molecule has 0 bridgehead atoms. The average molecular weight is 243 g/mol. The smallest absolute Gasteiger partial charge is 0.402 e. The van der Waals surface area contributed by atoms with E-state index in [-0.39, 0.29) is 0 Å². The van der Waals surface area contributed by atoms with E-state index in [1.807, 2.05) is 6.92 Å². The number of para-hydroxylation sites is 1. The lowest BCUT2D eigenvalue weighted by Crippen LogP contribution is -2.38. The van der Waals surface area contributed by atoms with Crippen molar-refractivity contribution >= 4 is 23.4 Å². The molecule has 16 heavy (non-hydrogen) atoms. The van der Waals surface area contributed by atoms with E-state index in [1.54, 1.807) is 24.3 Å². The van der Waals surface area contributed by atoms with Crippen LogP contribution in [0, 0.1) is 0 Å². The Balaban J connectivity index is 2.17. The number of cyclic esters (lactones) is 1. The molecule has 1 fully saturated rings. The second kappa shape index (κ2) is 4.69. The van der Waals surface area contributed by atoms with Crippen molar-refractivity contribution < 1.29 is 14.3 Å². The van der Waals surface area contributed by atoms with Crippen LogP contribution in [0.5, 0.6) is 0 Å². The maximum Gasteiger partial charge on any atom is 0.432 e. The van der Waals surface area contributed by atoms with Gasteiger partial charge in [0.1, 0.15) is 0 Å². The fourth-order valence-electron chi connectivity index (χ4n) is 1.35. The van der Waals surface area contributed by atoms with Crippen LogP contribution in [0.3, 0.4) is 0 Å². The molecule has 86 valence electrons. The summed E-state index contributed by atoms with van der Waals surface area (Å²) in [5.74, 6) is 0. The molecule has 5 nitrogen and oxygen atoms in total. The third-order valence-electron chi connectivity index (χ3n) is 2.04. The predicted octanol–water partition coefficient (Wildman–Crippen LogP) is 2.12. The first-order chi connectivity index (χ1) is 7.72. The van der Waals surface area contributed by atoms with Gasteiger partial charge in [-0.05, 0) is 19.1 Å². The summed E-state index contributed by atoms with van der Waals surface area (Å²) in [7, 11) is 0. The van der Waals surface area contributed by atoms with E-state index in [2.05, 4.69) is 5.43 Å². The minimum Gasteiger partial charge on any atom is -0.402 e. The molecular weight excluding hydrogens is 232 g/mol. The molecule has 1 amide bonds. The molecule has 1 N–H and O–H groups in total. The topological polar surface area (TPSA) is 50.8 Å². The van der Waals surface area contributed by atoms with Crippen LogP contribution in [0.1, 0.15) is 6.92 Å². The van der Waals surface area contributed by atoms with Crippen LogP contribution in [0.15, 0.2) is 24.3 Å². The lowest BCUT2D eigenvalue weighted by Gasteiger charge is -2.14. The number of hydrogen-bond donors (Lipinski definition) is 1. The van der Waals surface area contributed by atoms with Crippen molar-refractivity contribution in [2.75, 3.05) is 11.6 Å². The number of nitrogens with zero attached hydrogens (tertiary/aromatic N) is 1.